The first-order valence-electron chi connectivity index (χ1n) is 5.65. The molecule has 0 radical (unpaired) electrons. The lowest BCUT2D eigenvalue weighted by Gasteiger charge is -2.18. The van der Waals surface area contributed by atoms with Crippen molar-refractivity contribution in [3.05, 3.63) is 12.4 Å². The Morgan fingerprint density at radius 1 is 1.61 bits per heavy atom. The lowest BCUT2D eigenvalue weighted by molar-refractivity contribution is -0.124. The number of amides is 1. The molecule has 0 saturated carbocycles. The van der Waals surface area contributed by atoms with E-state index in [9.17, 15) is 4.79 Å². The van der Waals surface area contributed by atoms with E-state index in [1.807, 2.05) is 13.8 Å². The third-order valence-corrected chi connectivity index (χ3v) is 2.50. The summed E-state index contributed by atoms with van der Waals surface area (Å²) in [5.74, 6) is -1.03. The molecule has 18 heavy (non-hydrogen) atoms. The molecule has 0 bridgehead atoms. The van der Waals surface area contributed by atoms with Crippen molar-refractivity contribution in [3.8, 4) is 0 Å². The van der Waals surface area contributed by atoms with Gasteiger partial charge in [0, 0.05) is 12.7 Å². The quantitative estimate of drug-likeness (QED) is 0.271. The van der Waals surface area contributed by atoms with Crippen LogP contribution in [0.1, 0.15) is 13.8 Å². The number of rotatable bonds is 6. The van der Waals surface area contributed by atoms with Gasteiger partial charge in [-0.2, -0.15) is 0 Å². The zero-order chi connectivity index (χ0) is 13.5. The van der Waals surface area contributed by atoms with Crippen LogP contribution in [-0.2, 0) is 11.3 Å². The van der Waals surface area contributed by atoms with Crippen LogP contribution in [0.5, 0.6) is 0 Å². The Hall–Kier alpha value is -2.12. The number of hydrogen-bond acceptors (Lipinski definition) is 5. The Morgan fingerprint density at radius 3 is 2.83 bits per heavy atom. The Morgan fingerprint density at radius 2 is 2.33 bits per heavy atom. The number of oxime groups is 1. The molecule has 1 aromatic heterocycles. The maximum Gasteiger partial charge on any atom is 0.231 e. The van der Waals surface area contributed by atoms with Gasteiger partial charge in [0.2, 0.25) is 5.91 Å². The van der Waals surface area contributed by atoms with E-state index in [0.29, 0.717) is 13.1 Å². The van der Waals surface area contributed by atoms with Gasteiger partial charge < -0.3 is 16.3 Å². The molecule has 1 amide bonds. The first-order chi connectivity index (χ1) is 8.56. The predicted molar refractivity (Wildman–Crippen MR) is 64.8 cm³/mol. The Kier molecular flexibility index (Phi) is 5.09. The van der Waals surface area contributed by atoms with Crippen LogP contribution in [0.2, 0.25) is 0 Å². The van der Waals surface area contributed by atoms with Gasteiger partial charge >= 0.3 is 0 Å². The fourth-order valence-electron chi connectivity index (χ4n) is 1.60. The molecule has 0 fully saturated rings. The van der Waals surface area contributed by atoms with E-state index in [0.717, 1.165) is 0 Å². The summed E-state index contributed by atoms with van der Waals surface area (Å²) in [4.78, 5) is 11.9. The van der Waals surface area contributed by atoms with Gasteiger partial charge in [0.15, 0.2) is 5.84 Å². The molecule has 1 aromatic rings. The second kappa shape index (κ2) is 6.58. The topological polar surface area (TPSA) is 118 Å². The Balaban J connectivity index is 2.47. The summed E-state index contributed by atoms with van der Waals surface area (Å²) < 4.78 is 1.61. The van der Waals surface area contributed by atoms with E-state index >= 15 is 0 Å². The lowest BCUT2D eigenvalue weighted by atomic mass is 9.94. The number of nitrogens with two attached hydrogens (primary N) is 1. The van der Waals surface area contributed by atoms with Gasteiger partial charge in [-0.15, -0.1) is 5.10 Å². The van der Waals surface area contributed by atoms with Crippen LogP contribution in [-0.4, -0.2) is 38.5 Å². The van der Waals surface area contributed by atoms with Crippen molar-refractivity contribution in [2.75, 3.05) is 6.54 Å². The molecule has 0 aliphatic rings. The fourth-order valence-corrected chi connectivity index (χ4v) is 1.60. The summed E-state index contributed by atoms with van der Waals surface area (Å²) in [7, 11) is 0. The lowest BCUT2D eigenvalue weighted by Crippen LogP contribution is -2.42. The molecular formula is C10H18N6O2. The van der Waals surface area contributed by atoms with Crippen LogP contribution >= 0.6 is 0 Å². The Labute approximate surface area is 105 Å². The first-order valence-corrected chi connectivity index (χ1v) is 5.65. The molecule has 1 heterocycles. The zero-order valence-electron chi connectivity index (χ0n) is 10.4. The minimum absolute atomic E-state index is 0.0488. The van der Waals surface area contributed by atoms with E-state index in [4.69, 9.17) is 10.9 Å². The molecule has 0 aliphatic heterocycles. The number of nitrogens with zero attached hydrogens (tertiary/aromatic N) is 4. The van der Waals surface area contributed by atoms with Gasteiger partial charge in [-0.05, 0) is 5.92 Å². The highest BCUT2D eigenvalue weighted by Crippen LogP contribution is 2.10. The van der Waals surface area contributed by atoms with Gasteiger partial charge in [-0.1, -0.05) is 24.2 Å². The van der Waals surface area contributed by atoms with Gasteiger partial charge in [0.25, 0.3) is 0 Å². The van der Waals surface area contributed by atoms with Crippen LogP contribution in [0.15, 0.2) is 17.5 Å². The summed E-state index contributed by atoms with van der Waals surface area (Å²) in [5.41, 5.74) is 5.50. The predicted octanol–water partition coefficient (Wildman–Crippen LogP) is -0.587. The first kappa shape index (κ1) is 13.9. The largest absolute Gasteiger partial charge is 0.409 e. The summed E-state index contributed by atoms with van der Waals surface area (Å²) >= 11 is 0. The Bertz CT molecular complexity index is 401. The van der Waals surface area contributed by atoms with Crippen LogP contribution in [0.25, 0.3) is 0 Å². The summed E-state index contributed by atoms with van der Waals surface area (Å²) in [6, 6.07) is 0. The van der Waals surface area contributed by atoms with Gasteiger partial charge in [-0.25, -0.2) is 0 Å². The van der Waals surface area contributed by atoms with Crippen molar-refractivity contribution in [2.45, 2.75) is 20.4 Å². The standard InChI is InChI=1S/C10H18N6O2/c1-7(2)8(9(11)14-18)10(17)12-3-5-16-6-4-13-15-16/h4,6-8,18H,3,5H2,1-2H3,(H2,11,14)(H,12,17). The van der Waals surface area contributed by atoms with Crippen molar-refractivity contribution < 1.29 is 10.0 Å². The number of carbonyl (C=O) groups excluding carboxylic acids is 1. The molecule has 100 valence electrons. The van der Waals surface area contributed by atoms with Crippen molar-refractivity contribution in [1.82, 2.24) is 20.3 Å². The molecule has 4 N–H and O–H groups in total. The second-order valence-electron chi connectivity index (χ2n) is 4.20. The summed E-state index contributed by atoms with van der Waals surface area (Å²) in [6.07, 6.45) is 3.27. The van der Waals surface area contributed by atoms with Crippen LogP contribution < -0.4 is 11.1 Å². The number of nitrogens with one attached hydrogen (secondary N) is 1. The van der Waals surface area contributed by atoms with Crippen LogP contribution in [0.3, 0.4) is 0 Å². The molecule has 0 spiro atoms. The highest BCUT2D eigenvalue weighted by Gasteiger charge is 2.26. The highest BCUT2D eigenvalue weighted by molar-refractivity contribution is 6.02. The number of carbonyl (C=O) groups is 1. The van der Waals surface area contributed by atoms with Crippen molar-refractivity contribution in [3.63, 3.8) is 0 Å². The van der Waals surface area contributed by atoms with E-state index in [-0.39, 0.29) is 17.7 Å². The van der Waals surface area contributed by atoms with Crippen molar-refractivity contribution in [1.29, 1.82) is 0 Å². The smallest absolute Gasteiger partial charge is 0.231 e. The molecule has 1 unspecified atom stereocenters. The monoisotopic (exact) mass is 254 g/mol. The summed E-state index contributed by atoms with van der Waals surface area (Å²) in [6.45, 7) is 4.59. The second-order valence-corrected chi connectivity index (χ2v) is 4.20. The van der Waals surface area contributed by atoms with Gasteiger partial charge in [0.05, 0.1) is 12.7 Å². The maximum atomic E-state index is 11.9. The van der Waals surface area contributed by atoms with E-state index in [1.54, 1.807) is 17.1 Å². The fraction of sp³-hybridized carbons (Fsp3) is 0.600. The molecule has 0 aromatic carbocycles. The third kappa shape index (κ3) is 3.72. The molecular weight excluding hydrogens is 236 g/mol. The average Bonchev–Trinajstić information content (AvgIpc) is 2.81. The van der Waals surface area contributed by atoms with E-state index < -0.39 is 5.92 Å². The third-order valence-electron chi connectivity index (χ3n) is 2.50. The van der Waals surface area contributed by atoms with Crippen LogP contribution in [0, 0.1) is 11.8 Å². The summed E-state index contributed by atoms with van der Waals surface area (Å²) in [5, 5.41) is 21.7. The van der Waals surface area contributed by atoms with Crippen molar-refractivity contribution in [2.24, 2.45) is 22.7 Å². The maximum absolute atomic E-state index is 11.9. The minimum Gasteiger partial charge on any atom is -0.409 e. The molecule has 8 heteroatoms. The number of amidine groups is 1. The van der Waals surface area contributed by atoms with Gasteiger partial charge in [-0.3, -0.25) is 9.48 Å². The molecule has 1 rings (SSSR count). The SMILES string of the molecule is CC(C)C(C(=O)NCCn1ccnn1)/C(N)=N/O. The zero-order valence-corrected chi connectivity index (χ0v) is 10.4. The minimum atomic E-state index is -0.634. The number of hydrogen-bond donors (Lipinski definition) is 3. The van der Waals surface area contributed by atoms with Gasteiger partial charge in [0.1, 0.15) is 5.92 Å². The average molecular weight is 254 g/mol. The molecule has 0 saturated heterocycles. The molecule has 1 atom stereocenters. The number of aromatic nitrogens is 3. The van der Waals surface area contributed by atoms with E-state index in [1.165, 1.54) is 0 Å². The highest BCUT2D eigenvalue weighted by atomic mass is 16.4. The van der Waals surface area contributed by atoms with Crippen molar-refractivity contribution >= 4 is 11.7 Å². The normalized spacial score (nSPS) is 13.6. The van der Waals surface area contributed by atoms with E-state index in [2.05, 4.69) is 20.8 Å². The van der Waals surface area contributed by atoms with Crippen LogP contribution in [0.4, 0.5) is 0 Å². The molecule has 0 aliphatic carbocycles. The molecule has 8 nitrogen and oxygen atoms in total.